The quantitative estimate of drug-likeness (QED) is 0.0639. The van der Waals surface area contributed by atoms with E-state index < -0.39 is 79.8 Å². The van der Waals surface area contributed by atoms with Crippen LogP contribution in [-0.4, -0.2) is 107 Å². The normalized spacial score (nSPS) is 14.9. The summed E-state index contributed by atoms with van der Waals surface area (Å²) in [5.74, 6) is -5.68. The molecule has 0 aliphatic carbocycles. The number of hydrogen-bond acceptors (Lipinski definition) is 9. The summed E-state index contributed by atoms with van der Waals surface area (Å²) in [6.45, 7) is 0.228. The van der Waals surface area contributed by atoms with Gasteiger partial charge < -0.3 is 51.0 Å². The Bertz CT molecular complexity index is 1940. The van der Waals surface area contributed by atoms with Crippen LogP contribution in [0.5, 0.6) is 0 Å². The zero-order valence-electron chi connectivity index (χ0n) is 31.7. The first-order chi connectivity index (χ1) is 27.1. The van der Waals surface area contributed by atoms with Crippen LogP contribution in [0.2, 0.25) is 0 Å². The van der Waals surface area contributed by atoms with Gasteiger partial charge in [-0.05, 0) is 59.6 Å². The molecule has 4 rings (SSSR count). The first kappa shape index (κ1) is 44.4. The highest BCUT2D eigenvalue weighted by Gasteiger charge is 2.46. The summed E-state index contributed by atoms with van der Waals surface area (Å²) in [6.07, 6.45) is -1.58. The Labute approximate surface area is 329 Å². The number of benzene rings is 3. The number of likely N-dealkylation sites (tertiary alicyclic amines) is 1. The summed E-state index contributed by atoms with van der Waals surface area (Å²) >= 11 is 0. The van der Waals surface area contributed by atoms with Gasteiger partial charge in [-0.3, -0.25) is 28.5 Å². The summed E-state index contributed by atoms with van der Waals surface area (Å²) in [4.78, 5) is 98.3. The van der Waals surface area contributed by atoms with Gasteiger partial charge in [0.15, 0.2) is 0 Å². The number of carboxylic acids is 1. The number of fused-ring (bicyclic) bond motifs is 1. The molecule has 308 valence electrons. The molecule has 5 amide bonds. The van der Waals surface area contributed by atoms with Crippen molar-refractivity contribution in [3.05, 3.63) is 83.4 Å². The fourth-order valence-corrected chi connectivity index (χ4v) is 7.41. The van der Waals surface area contributed by atoms with Crippen molar-refractivity contribution < 1.29 is 57.7 Å². The van der Waals surface area contributed by atoms with E-state index >= 15 is 0 Å². The molecule has 0 saturated carbocycles. The van der Waals surface area contributed by atoms with Gasteiger partial charge in [0.1, 0.15) is 18.2 Å². The summed E-state index contributed by atoms with van der Waals surface area (Å²) in [6, 6.07) is 18.5. The van der Waals surface area contributed by atoms with Crippen LogP contribution in [0.15, 0.2) is 66.7 Å². The van der Waals surface area contributed by atoms with Crippen LogP contribution in [0.25, 0.3) is 10.8 Å². The molecule has 0 bridgehead atoms. The zero-order valence-corrected chi connectivity index (χ0v) is 32.6. The van der Waals surface area contributed by atoms with E-state index in [-0.39, 0.29) is 52.1 Å². The highest BCUT2D eigenvalue weighted by Crippen LogP contribution is 2.39. The number of primary amides is 1. The molecule has 3 aromatic carbocycles. The fourth-order valence-electron chi connectivity index (χ4n) is 6.72. The van der Waals surface area contributed by atoms with Gasteiger partial charge in [0.25, 0.3) is 0 Å². The van der Waals surface area contributed by atoms with E-state index in [1.807, 2.05) is 42.5 Å². The van der Waals surface area contributed by atoms with Gasteiger partial charge in [-0.15, -0.1) is 0 Å². The number of nitrogens with two attached hydrogens (primary N) is 1. The molecular formula is C39H50N5O12P. The topological polar surface area (TPSA) is 264 Å². The molecule has 0 unspecified atom stereocenters. The zero-order chi connectivity index (χ0) is 41.6. The molecule has 1 aliphatic rings. The molecule has 57 heavy (non-hydrogen) atoms. The number of aliphatic carboxylic acids is 1. The van der Waals surface area contributed by atoms with Crippen LogP contribution >= 0.6 is 7.60 Å². The molecule has 1 saturated heterocycles. The average molecular weight is 812 g/mol. The molecule has 3 aromatic rings. The fraction of sp³-hybridized carbons (Fsp3) is 0.436. The van der Waals surface area contributed by atoms with E-state index in [9.17, 15) is 48.2 Å². The lowest BCUT2D eigenvalue weighted by Crippen LogP contribution is -2.66. The minimum atomic E-state index is -4.34. The molecule has 0 aromatic heterocycles. The number of aryl methyl sites for hydroxylation is 1. The molecule has 0 spiro atoms. The van der Waals surface area contributed by atoms with Gasteiger partial charge in [-0.2, -0.15) is 0 Å². The van der Waals surface area contributed by atoms with Crippen molar-refractivity contribution >= 4 is 54.1 Å². The summed E-state index contributed by atoms with van der Waals surface area (Å²) in [5.41, 5.74) is 5.66. The second-order valence-electron chi connectivity index (χ2n) is 14.0. The van der Waals surface area contributed by atoms with Gasteiger partial charge in [-0.25, -0.2) is 4.79 Å². The lowest BCUT2D eigenvalue weighted by Gasteiger charge is -2.41. The second-order valence-corrected chi connectivity index (χ2v) is 15.7. The molecule has 1 fully saturated rings. The van der Waals surface area contributed by atoms with E-state index in [2.05, 4.69) is 16.0 Å². The Morgan fingerprint density at radius 2 is 1.56 bits per heavy atom. The van der Waals surface area contributed by atoms with Gasteiger partial charge in [0.05, 0.1) is 31.5 Å². The Morgan fingerprint density at radius 1 is 0.895 bits per heavy atom. The van der Waals surface area contributed by atoms with Crippen LogP contribution in [0.4, 0.5) is 4.79 Å². The highest BCUT2D eigenvalue weighted by atomic mass is 31.2. The van der Waals surface area contributed by atoms with E-state index in [1.54, 1.807) is 0 Å². The molecular weight excluding hydrogens is 761 g/mol. The van der Waals surface area contributed by atoms with Crippen LogP contribution in [0.1, 0.15) is 48.8 Å². The average Bonchev–Trinajstić information content (AvgIpc) is 3.16. The lowest BCUT2D eigenvalue weighted by atomic mass is 9.84. The number of rotatable bonds is 20. The smallest absolute Gasteiger partial charge is 0.409 e. The van der Waals surface area contributed by atoms with Crippen LogP contribution in [0, 0.1) is 5.92 Å². The number of nitrogens with one attached hydrogen (secondary N) is 3. The maximum absolute atomic E-state index is 14.2. The molecule has 1 heterocycles. The second kappa shape index (κ2) is 20.7. The number of carboxylic acid groups (broad SMARTS) is 1. The van der Waals surface area contributed by atoms with Gasteiger partial charge >= 0.3 is 19.7 Å². The molecule has 2 atom stereocenters. The highest BCUT2D eigenvalue weighted by molar-refractivity contribution is 7.50. The predicted molar refractivity (Wildman–Crippen MR) is 208 cm³/mol. The largest absolute Gasteiger partial charge is 0.481 e. The number of amides is 5. The van der Waals surface area contributed by atoms with Crippen molar-refractivity contribution in [1.82, 2.24) is 20.9 Å². The van der Waals surface area contributed by atoms with Gasteiger partial charge in [-0.1, -0.05) is 66.7 Å². The Balaban J connectivity index is 1.50. The van der Waals surface area contributed by atoms with Crippen molar-refractivity contribution in [3.63, 3.8) is 0 Å². The van der Waals surface area contributed by atoms with Crippen molar-refractivity contribution in [2.24, 2.45) is 11.7 Å². The van der Waals surface area contributed by atoms with Crippen LogP contribution in [-0.2, 0) is 57.0 Å². The third-order valence-electron chi connectivity index (χ3n) is 9.70. The van der Waals surface area contributed by atoms with Gasteiger partial charge in [0, 0.05) is 26.7 Å². The third kappa shape index (κ3) is 13.7. The molecule has 17 nitrogen and oxygen atoms in total. The third-order valence-corrected chi connectivity index (χ3v) is 10.5. The Hall–Kier alpha value is -5.35. The van der Waals surface area contributed by atoms with E-state index in [1.165, 1.54) is 36.3 Å². The maximum Gasteiger partial charge on any atom is 0.409 e. The molecule has 0 radical (unpaired) electrons. The van der Waals surface area contributed by atoms with Crippen molar-refractivity contribution in [1.29, 1.82) is 0 Å². The first-order valence-corrected chi connectivity index (χ1v) is 20.3. The van der Waals surface area contributed by atoms with E-state index in [4.69, 9.17) is 15.2 Å². The monoisotopic (exact) mass is 811 g/mol. The van der Waals surface area contributed by atoms with Crippen molar-refractivity contribution in [3.8, 4) is 0 Å². The van der Waals surface area contributed by atoms with E-state index in [0.717, 1.165) is 16.3 Å². The number of carbonyl (C=O) groups excluding carboxylic acids is 5. The number of piperidine rings is 1. The van der Waals surface area contributed by atoms with Crippen molar-refractivity contribution in [2.75, 3.05) is 40.0 Å². The summed E-state index contributed by atoms with van der Waals surface area (Å²) in [5, 5.41) is 20.0. The number of ether oxygens (including phenoxy) is 2. The number of hydrogen-bond donors (Lipinski definition) is 7. The van der Waals surface area contributed by atoms with E-state index in [0.29, 0.717) is 24.0 Å². The Kier molecular flexibility index (Phi) is 16.1. The number of carbonyl (C=O) groups is 6. The Morgan fingerprint density at radius 3 is 2.21 bits per heavy atom. The predicted octanol–water partition coefficient (Wildman–Crippen LogP) is 1.99. The molecule has 8 N–H and O–H groups in total. The minimum Gasteiger partial charge on any atom is -0.481 e. The van der Waals surface area contributed by atoms with Crippen LogP contribution in [0.3, 0.4) is 0 Å². The van der Waals surface area contributed by atoms with Crippen LogP contribution < -0.4 is 21.7 Å². The number of nitrogens with zero attached hydrogens (tertiary/aromatic N) is 1. The minimum absolute atomic E-state index is 0.0167. The standard InChI is InChI=1S/C39H50N5O12P/c1-55-20-21-56-38(51)44-18-15-39(16-19-44,43-35(48)30(23-34(46)47)22-26-11-13-27(14-12-26)25-57(52,53)54)37(50)42-32(24-33(40)45)36(49)41-17-5-9-29-8-4-7-28-6-2-3-10-31(28)29/h2-4,6-8,10-14,30,32H,5,9,15-25H2,1H3,(H2,40,45)(H,41,49)(H,42,50)(H,43,48)(H,46,47)(H2,52,53,54)/t30-,32+/m1/s1. The summed E-state index contributed by atoms with van der Waals surface area (Å²) in [7, 11) is -2.89. The molecule has 1 aliphatic heterocycles. The SMILES string of the molecule is COCCOC(=O)N1CCC(NC(=O)[C@@H](CC(=O)O)Cc2ccc(CP(=O)(O)O)cc2)(C(=O)N[C@@H](CC(N)=O)C(=O)NCCCc2cccc3ccccc23)CC1. The summed E-state index contributed by atoms with van der Waals surface area (Å²) < 4.78 is 21.6. The van der Waals surface area contributed by atoms with Crippen molar-refractivity contribution in [2.45, 2.75) is 62.7 Å². The molecule has 18 heteroatoms. The number of methoxy groups -OCH3 is 1. The lowest BCUT2D eigenvalue weighted by molar-refractivity contribution is -0.143. The maximum atomic E-state index is 14.2. The first-order valence-electron chi connectivity index (χ1n) is 18.5. The van der Waals surface area contributed by atoms with Gasteiger partial charge in [0.2, 0.25) is 23.6 Å².